The molecule has 0 aliphatic heterocycles. The Kier molecular flexibility index (Phi) is 28.3. The first-order valence-electron chi connectivity index (χ1n) is 3.41. The molecular formula is C7H20BCl. The molecule has 0 aliphatic carbocycles. The van der Waals surface area contributed by atoms with Crippen molar-refractivity contribution in [3.05, 3.63) is 0 Å². The highest BCUT2D eigenvalue weighted by Gasteiger charge is 1.80. The molecule has 0 aromatic carbocycles. The minimum atomic E-state index is 0. The van der Waals surface area contributed by atoms with Crippen LogP contribution in [0.3, 0.4) is 0 Å². The first-order valence-corrected chi connectivity index (χ1v) is 3.41. The molecule has 58 valence electrons. The van der Waals surface area contributed by atoms with Gasteiger partial charge in [0.25, 0.3) is 0 Å². The Bertz CT molecular complexity index is 28.1. The van der Waals surface area contributed by atoms with Gasteiger partial charge in [0.1, 0.15) is 0 Å². The quantitative estimate of drug-likeness (QED) is 0.426. The van der Waals surface area contributed by atoms with Gasteiger partial charge in [-0.05, 0) is 0 Å². The zero-order valence-corrected chi connectivity index (χ0v) is 6.76. The average Bonchev–Trinajstić information content (AvgIpc) is 1.69. The van der Waals surface area contributed by atoms with Gasteiger partial charge in [0.15, 0.2) is 0 Å². The summed E-state index contributed by atoms with van der Waals surface area (Å²) in [5, 5.41) is 0. The van der Waals surface area contributed by atoms with Crippen LogP contribution in [0, 0.1) is 0 Å². The Morgan fingerprint density at radius 3 is 1.33 bits per heavy atom. The fourth-order valence-electron chi connectivity index (χ4n) is 0.677. The van der Waals surface area contributed by atoms with Crippen LogP contribution in [0.5, 0.6) is 0 Å². The van der Waals surface area contributed by atoms with Gasteiger partial charge in [-0.3, -0.25) is 0 Å². The largest absolute Gasteiger partial charge is 0.147 e. The van der Waals surface area contributed by atoms with Crippen molar-refractivity contribution < 1.29 is 0 Å². The molecule has 2 heteroatoms. The van der Waals surface area contributed by atoms with E-state index in [2.05, 4.69) is 13.8 Å². The molecule has 0 spiro atoms. The highest BCUT2D eigenvalue weighted by atomic mass is 35.5. The van der Waals surface area contributed by atoms with Crippen LogP contribution in [-0.2, 0) is 0 Å². The second-order valence-corrected chi connectivity index (χ2v) is 2.06. The van der Waals surface area contributed by atoms with Crippen LogP contribution in [0.4, 0.5) is 0 Å². The van der Waals surface area contributed by atoms with E-state index in [0.717, 1.165) is 0 Å². The number of rotatable bonds is 4. The highest BCUT2D eigenvalue weighted by Crippen LogP contribution is 2.00. The number of halogens is 1. The van der Waals surface area contributed by atoms with Gasteiger partial charge in [-0.2, -0.15) is 0 Å². The molecule has 0 aliphatic rings. The third kappa shape index (κ3) is 17.8. The van der Waals surface area contributed by atoms with Crippen LogP contribution in [0.15, 0.2) is 0 Å². The monoisotopic (exact) mass is 150 g/mol. The van der Waals surface area contributed by atoms with E-state index in [1.165, 1.54) is 32.1 Å². The molecule has 0 aromatic heterocycles. The lowest BCUT2D eigenvalue weighted by Crippen LogP contribution is -1.70. The van der Waals surface area contributed by atoms with Gasteiger partial charge in [0, 0.05) is 0 Å². The molecule has 0 rings (SSSR count). The second kappa shape index (κ2) is 15.8. The summed E-state index contributed by atoms with van der Waals surface area (Å²) in [6.07, 6.45) is 7.01. The summed E-state index contributed by atoms with van der Waals surface area (Å²) in [5.41, 5.74) is 0. The van der Waals surface area contributed by atoms with Crippen LogP contribution in [0.2, 0.25) is 0 Å². The summed E-state index contributed by atoms with van der Waals surface area (Å²) in [5.74, 6) is 0. The molecular weight excluding hydrogens is 130 g/mol. The lowest BCUT2D eigenvalue weighted by molar-refractivity contribution is 0.656. The zero-order valence-electron chi connectivity index (χ0n) is 5.94. The van der Waals surface area contributed by atoms with E-state index in [1.54, 1.807) is 0 Å². The minimum Gasteiger partial charge on any atom is -0.147 e. The Labute approximate surface area is 67.4 Å². The normalized spacial score (nSPS) is 7.33. The van der Waals surface area contributed by atoms with Gasteiger partial charge in [-0.15, -0.1) is 12.4 Å². The zero-order chi connectivity index (χ0) is 5.54. The first-order chi connectivity index (χ1) is 3.41. The maximum absolute atomic E-state index is 2.25. The Morgan fingerprint density at radius 1 is 0.778 bits per heavy atom. The van der Waals surface area contributed by atoms with E-state index in [0.29, 0.717) is 0 Å². The van der Waals surface area contributed by atoms with Crippen LogP contribution in [0.1, 0.15) is 46.0 Å². The molecule has 0 amide bonds. The van der Waals surface area contributed by atoms with Gasteiger partial charge in [-0.1, -0.05) is 46.0 Å². The summed E-state index contributed by atoms with van der Waals surface area (Å²) in [4.78, 5) is 0. The lowest BCUT2D eigenvalue weighted by atomic mass is 10.2. The van der Waals surface area contributed by atoms with Crippen LogP contribution in [-0.4, -0.2) is 8.41 Å². The van der Waals surface area contributed by atoms with E-state index in [4.69, 9.17) is 0 Å². The summed E-state index contributed by atoms with van der Waals surface area (Å²) in [6, 6.07) is 0. The smallest absolute Gasteiger partial charge is 0.0814 e. The molecule has 0 bridgehead atoms. The fourth-order valence-corrected chi connectivity index (χ4v) is 0.677. The van der Waals surface area contributed by atoms with Crippen molar-refractivity contribution in [1.29, 1.82) is 0 Å². The summed E-state index contributed by atoms with van der Waals surface area (Å²) < 4.78 is 0. The second-order valence-electron chi connectivity index (χ2n) is 2.06. The third-order valence-corrected chi connectivity index (χ3v) is 1.21. The lowest BCUT2D eigenvalue weighted by Gasteiger charge is -1.90. The maximum atomic E-state index is 2.25. The summed E-state index contributed by atoms with van der Waals surface area (Å²) in [6.45, 7) is 4.49. The molecule has 9 heavy (non-hydrogen) atoms. The van der Waals surface area contributed by atoms with E-state index < -0.39 is 0 Å². The molecule has 0 unspecified atom stereocenters. The topological polar surface area (TPSA) is 0 Å². The molecule has 0 heterocycles. The molecule has 0 radical (unpaired) electrons. The Hall–Kier alpha value is 0.355. The first kappa shape index (κ1) is 16.2. The molecule has 0 saturated carbocycles. The van der Waals surface area contributed by atoms with Gasteiger partial charge in [0.05, 0.1) is 8.41 Å². The average molecular weight is 151 g/mol. The third-order valence-electron chi connectivity index (χ3n) is 1.21. The molecule has 0 aromatic rings. The van der Waals surface area contributed by atoms with E-state index >= 15 is 0 Å². The van der Waals surface area contributed by atoms with Crippen molar-refractivity contribution in [3.8, 4) is 0 Å². The van der Waals surface area contributed by atoms with Crippen molar-refractivity contribution in [2.24, 2.45) is 0 Å². The molecule has 0 N–H and O–H groups in total. The molecule has 0 fully saturated rings. The Morgan fingerprint density at radius 2 is 1.11 bits per heavy atom. The van der Waals surface area contributed by atoms with Gasteiger partial charge < -0.3 is 0 Å². The molecule has 0 saturated heterocycles. The molecule has 0 nitrogen and oxygen atoms in total. The van der Waals surface area contributed by atoms with Crippen LogP contribution >= 0.6 is 12.4 Å². The number of unbranched alkanes of at least 4 members (excludes halogenated alkanes) is 4. The van der Waals surface area contributed by atoms with Gasteiger partial charge in [0.2, 0.25) is 0 Å². The van der Waals surface area contributed by atoms with Crippen molar-refractivity contribution in [2.75, 3.05) is 0 Å². The standard InChI is InChI=1S/C7H16.BH3.ClH/c1-3-5-7-6-4-2;;/h3-7H2,1-2H3;1H3;1H. The summed E-state index contributed by atoms with van der Waals surface area (Å²) >= 11 is 0. The minimum absolute atomic E-state index is 0. The van der Waals surface area contributed by atoms with Crippen LogP contribution in [0.25, 0.3) is 0 Å². The van der Waals surface area contributed by atoms with Gasteiger partial charge in [-0.25, -0.2) is 0 Å². The predicted molar refractivity (Wildman–Crippen MR) is 51.6 cm³/mol. The highest BCUT2D eigenvalue weighted by molar-refractivity contribution is 5.85. The van der Waals surface area contributed by atoms with Crippen molar-refractivity contribution in [3.63, 3.8) is 0 Å². The molecule has 0 atom stereocenters. The Balaban J connectivity index is -0.000000180. The van der Waals surface area contributed by atoms with Crippen molar-refractivity contribution in [2.45, 2.75) is 46.0 Å². The van der Waals surface area contributed by atoms with E-state index in [9.17, 15) is 0 Å². The number of hydrogen-bond acceptors (Lipinski definition) is 0. The van der Waals surface area contributed by atoms with E-state index in [-0.39, 0.29) is 20.8 Å². The summed E-state index contributed by atoms with van der Waals surface area (Å²) in [7, 11) is 0. The van der Waals surface area contributed by atoms with E-state index in [1.807, 2.05) is 0 Å². The van der Waals surface area contributed by atoms with Crippen molar-refractivity contribution in [1.82, 2.24) is 0 Å². The maximum Gasteiger partial charge on any atom is 0.0814 e. The number of hydrogen-bond donors (Lipinski definition) is 0. The SMILES string of the molecule is B.CCCCCCC.Cl. The van der Waals surface area contributed by atoms with Crippen LogP contribution < -0.4 is 0 Å². The van der Waals surface area contributed by atoms with Crippen molar-refractivity contribution >= 4 is 20.8 Å². The predicted octanol–water partition coefficient (Wildman–Crippen LogP) is 2.21. The van der Waals surface area contributed by atoms with Gasteiger partial charge >= 0.3 is 0 Å². The fraction of sp³-hybridized carbons (Fsp3) is 1.00.